The zero-order valence-electron chi connectivity index (χ0n) is 12.3. The van der Waals surface area contributed by atoms with Crippen LogP contribution in [0.25, 0.3) is 0 Å². The number of fused-ring (bicyclic) bond motifs is 1. The number of hydrogen-bond acceptors (Lipinski definition) is 4. The van der Waals surface area contributed by atoms with Crippen LogP contribution in [0.1, 0.15) is 29.3 Å². The number of nitrogens with one attached hydrogen (secondary N) is 1. The molecule has 2 heterocycles. The Hall–Kier alpha value is -2.14. The Bertz CT molecular complexity index is 650. The Morgan fingerprint density at radius 3 is 3.05 bits per heavy atom. The summed E-state index contributed by atoms with van der Waals surface area (Å²) in [5.74, 6) is 1.12. The maximum atomic E-state index is 12.2. The van der Waals surface area contributed by atoms with Crippen molar-refractivity contribution in [3.05, 3.63) is 47.2 Å². The summed E-state index contributed by atoms with van der Waals surface area (Å²) in [6.07, 6.45) is 1.45. The Kier molecular flexibility index (Phi) is 3.75. The Balaban J connectivity index is 1.73. The number of anilines is 1. The minimum Gasteiger partial charge on any atom is -0.360 e. The van der Waals surface area contributed by atoms with Gasteiger partial charge in [-0.1, -0.05) is 29.4 Å². The summed E-state index contributed by atoms with van der Waals surface area (Å²) in [7, 11) is 2.06. The molecule has 110 valence electrons. The van der Waals surface area contributed by atoms with Crippen molar-refractivity contribution in [2.24, 2.45) is 0 Å². The molecule has 0 fully saturated rings. The average molecular weight is 285 g/mol. The molecule has 1 aromatic heterocycles. The van der Waals surface area contributed by atoms with Crippen LogP contribution in [0.4, 0.5) is 5.82 Å². The normalized spacial score (nSPS) is 18.3. The van der Waals surface area contributed by atoms with E-state index in [4.69, 9.17) is 4.52 Å². The highest BCUT2D eigenvalue weighted by Crippen LogP contribution is 2.31. The van der Waals surface area contributed by atoms with Crippen LogP contribution in [0.5, 0.6) is 0 Å². The first-order valence-corrected chi connectivity index (χ1v) is 7.14. The van der Waals surface area contributed by atoms with E-state index in [-0.39, 0.29) is 11.9 Å². The molecule has 5 nitrogen and oxygen atoms in total. The van der Waals surface area contributed by atoms with E-state index in [1.54, 1.807) is 13.0 Å². The fraction of sp³-hybridized carbons (Fsp3) is 0.375. The van der Waals surface area contributed by atoms with Crippen LogP contribution < -0.4 is 5.32 Å². The van der Waals surface area contributed by atoms with Crippen LogP contribution in [0.2, 0.25) is 0 Å². The Morgan fingerprint density at radius 2 is 2.29 bits per heavy atom. The molecule has 3 rings (SSSR count). The van der Waals surface area contributed by atoms with Crippen molar-refractivity contribution < 1.29 is 9.32 Å². The lowest BCUT2D eigenvalue weighted by atomic mass is 9.91. The van der Waals surface area contributed by atoms with E-state index in [1.165, 1.54) is 11.1 Å². The van der Waals surface area contributed by atoms with Crippen molar-refractivity contribution in [1.29, 1.82) is 0 Å². The molecule has 0 saturated heterocycles. The first-order valence-electron chi connectivity index (χ1n) is 7.14. The number of carbonyl (C=O) groups excluding carboxylic acids is 1. The molecule has 0 saturated carbocycles. The monoisotopic (exact) mass is 285 g/mol. The molecule has 1 aliphatic rings. The molecular weight excluding hydrogens is 266 g/mol. The van der Waals surface area contributed by atoms with E-state index in [9.17, 15) is 4.79 Å². The summed E-state index contributed by atoms with van der Waals surface area (Å²) in [6.45, 7) is 2.77. The molecule has 1 unspecified atom stereocenters. The SMILES string of the molecule is Cc1cc(NC(=O)CC2c3ccccc3CCN2C)no1. The summed E-state index contributed by atoms with van der Waals surface area (Å²) in [4.78, 5) is 14.5. The lowest BCUT2D eigenvalue weighted by Crippen LogP contribution is -2.34. The van der Waals surface area contributed by atoms with Crippen molar-refractivity contribution in [3.63, 3.8) is 0 Å². The second-order valence-corrected chi connectivity index (χ2v) is 5.52. The number of likely N-dealkylation sites (N-methyl/N-ethyl adjacent to an activating group) is 1. The number of rotatable bonds is 3. The summed E-state index contributed by atoms with van der Waals surface area (Å²) < 4.78 is 4.96. The van der Waals surface area contributed by atoms with Crippen molar-refractivity contribution in [2.45, 2.75) is 25.8 Å². The predicted octanol–water partition coefficient (Wildman–Crippen LogP) is 2.54. The van der Waals surface area contributed by atoms with Gasteiger partial charge in [-0.3, -0.25) is 9.69 Å². The summed E-state index contributed by atoms with van der Waals surface area (Å²) >= 11 is 0. The molecule has 1 aromatic carbocycles. The number of carbonyl (C=O) groups is 1. The molecular formula is C16H19N3O2. The topological polar surface area (TPSA) is 58.4 Å². The predicted molar refractivity (Wildman–Crippen MR) is 80.0 cm³/mol. The summed E-state index contributed by atoms with van der Waals surface area (Å²) in [6, 6.07) is 10.2. The van der Waals surface area contributed by atoms with E-state index in [1.807, 2.05) is 6.07 Å². The molecule has 1 aliphatic heterocycles. The summed E-state index contributed by atoms with van der Waals surface area (Å²) in [5, 5.41) is 6.58. The maximum Gasteiger partial charge on any atom is 0.227 e. The van der Waals surface area contributed by atoms with E-state index in [0.717, 1.165) is 13.0 Å². The molecule has 5 heteroatoms. The van der Waals surface area contributed by atoms with Crippen molar-refractivity contribution in [1.82, 2.24) is 10.1 Å². The maximum absolute atomic E-state index is 12.2. The third-order valence-corrected chi connectivity index (χ3v) is 3.95. The smallest absolute Gasteiger partial charge is 0.227 e. The van der Waals surface area contributed by atoms with Gasteiger partial charge in [0.1, 0.15) is 5.76 Å². The number of hydrogen-bond donors (Lipinski definition) is 1. The van der Waals surface area contributed by atoms with Crippen LogP contribution in [-0.2, 0) is 11.2 Å². The highest BCUT2D eigenvalue weighted by molar-refractivity contribution is 5.90. The van der Waals surface area contributed by atoms with Gasteiger partial charge < -0.3 is 9.84 Å². The lowest BCUT2D eigenvalue weighted by Gasteiger charge is -2.34. The minimum atomic E-state index is -0.0446. The highest BCUT2D eigenvalue weighted by atomic mass is 16.5. The average Bonchev–Trinajstić information content (AvgIpc) is 2.87. The van der Waals surface area contributed by atoms with Gasteiger partial charge in [0.2, 0.25) is 5.91 Å². The van der Waals surface area contributed by atoms with Crippen molar-refractivity contribution in [2.75, 3.05) is 18.9 Å². The van der Waals surface area contributed by atoms with Crippen LogP contribution >= 0.6 is 0 Å². The number of benzene rings is 1. The van der Waals surface area contributed by atoms with Gasteiger partial charge in [-0.15, -0.1) is 0 Å². The fourth-order valence-corrected chi connectivity index (χ4v) is 2.84. The van der Waals surface area contributed by atoms with Crippen LogP contribution in [0.3, 0.4) is 0 Å². The van der Waals surface area contributed by atoms with Crippen molar-refractivity contribution in [3.8, 4) is 0 Å². The molecule has 1 amide bonds. The molecule has 0 radical (unpaired) electrons. The lowest BCUT2D eigenvalue weighted by molar-refractivity contribution is -0.117. The standard InChI is InChI=1S/C16H19N3O2/c1-11-9-15(18-21-11)17-16(20)10-14-13-6-4-3-5-12(13)7-8-19(14)2/h3-6,9,14H,7-8,10H2,1-2H3,(H,17,18,20). The van der Waals surface area contributed by atoms with Gasteiger partial charge >= 0.3 is 0 Å². The van der Waals surface area contributed by atoms with Gasteiger partial charge in [-0.25, -0.2) is 0 Å². The minimum absolute atomic E-state index is 0.0446. The van der Waals surface area contributed by atoms with Gasteiger partial charge in [0, 0.05) is 25.1 Å². The van der Waals surface area contributed by atoms with Gasteiger partial charge in [0.25, 0.3) is 0 Å². The first kappa shape index (κ1) is 13.8. The third kappa shape index (κ3) is 2.97. The fourth-order valence-electron chi connectivity index (χ4n) is 2.84. The molecule has 1 atom stereocenters. The van der Waals surface area contributed by atoms with Gasteiger partial charge in [0.05, 0.1) is 0 Å². The van der Waals surface area contributed by atoms with E-state index < -0.39 is 0 Å². The second kappa shape index (κ2) is 5.69. The summed E-state index contributed by atoms with van der Waals surface area (Å²) in [5.41, 5.74) is 2.59. The van der Waals surface area contributed by atoms with E-state index >= 15 is 0 Å². The van der Waals surface area contributed by atoms with Crippen LogP contribution in [-0.4, -0.2) is 29.6 Å². The van der Waals surface area contributed by atoms with Crippen LogP contribution in [0.15, 0.2) is 34.9 Å². The molecule has 21 heavy (non-hydrogen) atoms. The quantitative estimate of drug-likeness (QED) is 0.941. The number of aromatic nitrogens is 1. The number of nitrogens with zero attached hydrogens (tertiary/aromatic N) is 2. The van der Waals surface area contributed by atoms with Gasteiger partial charge in [0.15, 0.2) is 5.82 Å². The van der Waals surface area contributed by atoms with E-state index in [2.05, 4.69) is 40.6 Å². The van der Waals surface area contributed by atoms with E-state index in [0.29, 0.717) is 18.0 Å². The number of amides is 1. The van der Waals surface area contributed by atoms with Crippen LogP contribution in [0, 0.1) is 6.92 Å². The van der Waals surface area contributed by atoms with Gasteiger partial charge in [-0.05, 0) is 31.5 Å². The largest absolute Gasteiger partial charge is 0.360 e. The molecule has 1 N–H and O–H groups in total. The number of aryl methyl sites for hydroxylation is 1. The third-order valence-electron chi connectivity index (χ3n) is 3.95. The highest BCUT2D eigenvalue weighted by Gasteiger charge is 2.26. The molecule has 2 aromatic rings. The molecule has 0 spiro atoms. The van der Waals surface area contributed by atoms with Gasteiger partial charge in [-0.2, -0.15) is 0 Å². The van der Waals surface area contributed by atoms with Crippen molar-refractivity contribution >= 4 is 11.7 Å². The zero-order valence-corrected chi connectivity index (χ0v) is 12.3. The second-order valence-electron chi connectivity index (χ2n) is 5.52. The molecule has 0 aliphatic carbocycles. The Morgan fingerprint density at radius 1 is 1.48 bits per heavy atom. The zero-order chi connectivity index (χ0) is 14.8. The molecule has 0 bridgehead atoms. The first-order chi connectivity index (χ1) is 10.1. The Labute approximate surface area is 123 Å².